The van der Waals surface area contributed by atoms with Gasteiger partial charge in [-0.05, 0) is 43.6 Å². The minimum absolute atomic E-state index is 0. The number of anilines is 1. The third kappa shape index (κ3) is 5.81. The van der Waals surface area contributed by atoms with Gasteiger partial charge in [0.25, 0.3) is 5.91 Å². The van der Waals surface area contributed by atoms with Gasteiger partial charge in [-0.25, -0.2) is 0 Å². The Hall–Kier alpha value is -0.890. The van der Waals surface area contributed by atoms with E-state index in [4.69, 9.17) is 9.47 Å². The highest BCUT2D eigenvalue weighted by molar-refractivity contribution is 5.97. The number of hydrogen-bond donors (Lipinski definition) is 2. The molecule has 0 aromatic heterocycles. The summed E-state index contributed by atoms with van der Waals surface area (Å²) in [6, 6.07) is 8.09. The van der Waals surface area contributed by atoms with Gasteiger partial charge in [0.2, 0.25) is 0 Å². The van der Waals surface area contributed by atoms with Crippen molar-refractivity contribution in [2.24, 2.45) is 0 Å². The Labute approximate surface area is 167 Å². The van der Waals surface area contributed by atoms with Crippen LogP contribution in [0.15, 0.2) is 24.3 Å². The van der Waals surface area contributed by atoms with Crippen LogP contribution in [0, 0.1) is 0 Å². The Balaban J connectivity index is 0.00000169. The first-order valence-corrected chi connectivity index (χ1v) is 8.68. The summed E-state index contributed by atoms with van der Waals surface area (Å²) < 4.78 is 10.9. The summed E-state index contributed by atoms with van der Waals surface area (Å²) in [6.07, 6.45) is 1.40. The van der Waals surface area contributed by atoms with Crippen molar-refractivity contribution >= 4 is 36.4 Å². The fourth-order valence-corrected chi connectivity index (χ4v) is 3.31. The van der Waals surface area contributed by atoms with Gasteiger partial charge in [-0.15, -0.1) is 24.8 Å². The molecule has 1 amide bonds. The molecule has 0 aliphatic carbocycles. The molecule has 2 aliphatic heterocycles. The van der Waals surface area contributed by atoms with Crippen molar-refractivity contribution < 1.29 is 14.3 Å². The Bertz CT molecular complexity index is 545. The van der Waals surface area contributed by atoms with Crippen LogP contribution in [0.4, 0.5) is 5.69 Å². The number of amides is 1. The average Bonchev–Trinajstić information content (AvgIpc) is 2.64. The largest absolute Gasteiger partial charge is 0.379 e. The van der Waals surface area contributed by atoms with E-state index in [9.17, 15) is 4.79 Å². The molecule has 2 saturated heterocycles. The summed E-state index contributed by atoms with van der Waals surface area (Å²) in [5, 5.41) is 6.27. The number of carbonyl (C=O) groups excluding carboxylic acids is 1. The third-order valence-corrected chi connectivity index (χ3v) is 4.94. The highest BCUT2D eigenvalue weighted by Gasteiger charge is 2.39. The maximum absolute atomic E-state index is 12.6. The van der Waals surface area contributed by atoms with Crippen molar-refractivity contribution in [3.05, 3.63) is 29.8 Å². The first kappa shape index (κ1) is 23.1. The summed E-state index contributed by atoms with van der Waals surface area (Å²) in [6.45, 7) is 6.10. The van der Waals surface area contributed by atoms with Crippen molar-refractivity contribution in [2.45, 2.75) is 25.0 Å². The first-order valence-electron chi connectivity index (χ1n) is 8.68. The second-order valence-electron chi connectivity index (χ2n) is 6.49. The zero-order valence-electron chi connectivity index (χ0n) is 15.2. The molecule has 2 heterocycles. The monoisotopic (exact) mass is 405 g/mol. The molecule has 26 heavy (non-hydrogen) atoms. The molecular weight excluding hydrogens is 377 g/mol. The number of piperidine rings is 1. The Morgan fingerprint density at radius 1 is 1.19 bits per heavy atom. The lowest BCUT2D eigenvalue weighted by Crippen LogP contribution is -2.51. The van der Waals surface area contributed by atoms with Gasteiger partial charge in [0, 0.05) is 32.4 Å². The predicted octanol–water partition coefficient (Wildman–Crippen LogP) is 2.07. The smallest absolute Gasteiger partial charge is 0.256 e. The topological polar surface area (TPSA) is 62.8 Å². The lowest BCUT2D eigenvalue weighted by atomic mass is 9.91. The number of rotatable bonds is 5. The number of morpholine rings is 1. The first-order chi connectivity index (χ1) is 11.7. The molecule has 0 spiro atoms. The Morgan fingerprint density at radius 2 is 1.81 bits per heavy atom. The third-order valence-electron chi connectivity index (χ3n) is 4.94. The minimum Gasteiger partial charge on any atom is -0.379 e. The molecule has 2 fully saturated rings. The normalized spacial score (nSPS) is 19.7. The van der Waals surface area contributed by atoms with Crippen LogP contribution in [0.1, 0.15) is 18.4 Å². The molecule has 0 radical (unpaired) electrons. The maximum Gasteiger partial charge on any atom is 0.256 e. The van der Waals surface area contributed by atoms with E-state index < -0.39 is 5.60 Å². The number of ether oxygens (including phenoxy) is 2. The molecule has 2 aliphatic rings. The van der Waals surface area contributed by atoms with Crippen LogP contribution in [0.3, 0.4) is 0 Å². The van der Waals surface area contributed by atoms with Crippen molar-refractivity contribution in [1.29, 1.82) is 0 Å². The number of methoxy groups -OCH3 is 1. The molecule has 148 valence electrons. The van der Waals surface area contributed by atoms with Gasteiger partial charge >= 0.3 is 0 Å². The van der Waals surface area contributed by atoms with Crippen molar-refractivity contribution in [2.75, 3.05) is 51.8 Å². The molecule has 8 heteroatoms. The standard InChI is InChI=1S/C18H27N3O3.2ClH/c1-23-18(6-8-19-9-7-18)17(22)20-16-4-2-15(3-5-16)14-21-10-12-24-13-11-21;;/h2-5,19H,6-14H2,1H3,(H,20,22);2*1H. The average molecular weight is 406 g/mol. The number of hydrogen-bond acceptors (Lipinski definition) is 5. The molecule has 0 unspecified atom stereocenters. The van der Waals surface area contributed by atoms with E-state index in [2.05, 4.69) is 27.7 Å². The van der Waals surface area contributed by atoms with E-state index in [0.717, 1.165) is 51.6 Å². The summed E-state index contributed by atoms with van der Waals surface area (Å²) >= 11 is 0. The van der Waals surface area contributed by atoms with Gasteiger partial charge in [-0.2, -0.15) is 0 Å². The zero-order chi connectivity index (χ0) is 16.8. The highest BCUT2D eigenvalue weighted by Crippen LogP contribution is 2.24. The second kappa shape index (κ2) is 11.1. The number of benzene rings is 1. The Morgan fingerprint density at radius 3 is 2.38 bits per heavy atom. The van der Waals surface area contributed by atoms with Crippen molar-refractivity contribution in [3.8, 4) is 0 Å². The molecule has 2 N–H and O–H groups in total. The van der Waals surface area contributed by atoms with Crippen LogP contribution in [-0.4, -0.2) is 62.9 Å². The fraction of sp³-hybridized carbons (Fsp3) is 0.611. The summed E-state index contributed by atoms with van der Waals surface area (Å²) in [4.78, 5) is 15.0. The van der Waals surface area contributed by atoms with E-state index in [1.165, 1.54) is 5.56 Å². The van der Waals surface area contributed by atoms with Crippen LogP contribution < -0.4 is 10.6 Å². The zero-order valence-corrected chi connectivity index (χ0v) is 16.8. The van der Waals surface area contributed by atoms with E-state index >= 15 is 0 Å². The highest BCUT2D eigenvalue weighted by atomic mass is 35.5. The molecule has 0 bridgehead atoms. The lowest BCUT2D eigenvalue weighted by Gasteiger charge is -2.34. The van der Waals surface area contributed by atoms with Gasteiger partial charge in [-0.3, -0.25) is 9.69 Å². The number of nitrogens with zero attached hydrogens (tertiary/aromatic N) is 1. The van der Waals surface area contributed by atoms with Crippen LogP contribution in [0.5, 0.6) is 0 Å². The molecular formula is C18H29Cl2N3O3. The van der Waals surface area contributed by atoms with E-state index in [-0.39, 0.29) is 30.7 Å². The molecule has 0 saturated carbocycles. The van der Waals surface area contributed by atoms with E-state index in [1.807, 2.05) is 12.1 Å². The summed E-state index contributed by atoms with van der Waals surface area (Å²) in [5.41, 5.74) is 1.36. The van der Waals surface area contributed by atoms with Gasteiger partial charge in [0.15, 0.2) is 0 Å². The van der Waals surface area contributed by atoms with E-state index in [0.29, 0.717) is 12.8 Å². The minimum atomic E-state index is -0.711. The molecule has 6 nitrogen and oxygen atoms in total. The Kier molecular flexibility index (Phi) is 9.85. The predicted molar refractivity (Wildman–Crippen MR) is 108 cm³/mol. The number of carbonyl (C=O) groups is 1. The molecule has 1 aromatic rings. The molecule has 0 atom stereocenters. The second-order valence-corrected chi connectivity index (χ2v) is 6.49. The van der Waals surface area contributed by atoms with Crippen molar-refractivity contribution in [3.63, 3.8) is 0 Å². The lowest BCUT2D eigenvalue weighted by molar-refractivity contribution is -0.140. The van der Waals surface area contributed by atoms with Crippen LogP contribution in [0.2, 0.25) is 0 Å². The van der Waals surface area contributed by atoms with Gasteiger partial charge in [0.05, 0.1) is 13.2 Å². The summed E-state index contributed by atoms with van der Waals surface area (Å²) in [7, 11) is 1.62. The van der Waals surface area contributed by atoms with Crippen LogP contribution in [0.25, 0.3) is 0 Å². The van der Waals surface area contributed by atoms with Crippen LogP contribution >= 0.6 is 24.8 Å². The van der Waals surface area contributed by atoms with Gasteiger partial charge in [0.1, 0.15) is 5.60 Å². The quantitative estimate of drug-likeness (QED) is 0.784. The SMILES string of the molecule is COC1(C(=O)Nc2ccc(CN3CCOCC3)cc2)CCNCC1.Cl.Cl. The van der Waals surface area contributed by atoms with Crippen molar-refractivity contribution in [1.82, 2.24) is 10.2 Å². The van der Waals surface area contributed by atoms with Gasteiger partial charge in [-0.1, -0.05) is 12.1 Å². The molecule has 3 rings (SSSR count). The summed E-state index contributed by atoms with van der Waals surface area (Å²) in [5.74, 6) is -0.0487. The van der Waals surface area contributed by atoms with E-state index in [1.54, 1.807) is 7.11 Å². The van der Waals surface area contributed by atoms with Crippen LogP contribution in [-0.2, 0) is 20.8 Å². The molecule has 1 aromatic carbocycles. The number of halogens is 2. The van der Waals surface area contributed by atoms with Gasteiger partial charge < -0.3 is 20.1 Å². The number of nitrogens with one attached hydrogen (secondary N) is 2. The fourth-order valence-electron chi connectivity index (χ4n) is 3.31. The maximum atomic E-state index is 12.6.